The van der Waals surface area contributed by atoms with Crippen LogP contribution in [0.4, 0.5) is 5.69 Å². The Morgan fingerprint density at radius 1 is 1.62 bits per heavy atom. The number of thiophene rings is 1. The van der Waals surface area contributed by atoms with Gasteiger partial charge in [-0.25, -0.2) is 4.79 Å². The van der Waals surface area contributed by atoms with Crippen LogP contribution in [0.2, 0.25) is 0 Å². The molecule has 4 heteroatoms. The van der Waals surface area contributed by atoms with Gasteiger partial charge in [0.15, 0.2) is 0 Å². The molecule has 0 atom stereocenters. The quantitative estimate of drug-likeness (QED) is 0.758. The molecule has 2 N–H and O–H groups in total. The topological polar surface area (TPSA) is 52.3 Å². The zero-order valence-electron chi connectivity index (χ0n) is 7.79. The van der Waals surface area contributed by atoms with Crippen molar-refractivity contribution < 1.29 is 9.53 Å². The molecule has 13 heavy (non-hydrogen) atoms. The van der Waals surface area contributed by atoms with Gasteiger partial charge in [0.05, 0.1) is 12.3 Å². The Bertz CT molecular complexity index is 307. The second-order valence-corrected chi connectivity index (χ2v) is 3.46. The highest BCUT2D eigenvalue weighted by atomic mass is 32.1. The SMILES string of the molecule is CCOC(=O)c1scc(CC)c1N. The van der Waals surface area contributed by atoms with Crippen molar-refractivity contribution >= 4 is 23.0 Å². The third-order valence-corrected chi connectivity index (χ3v) is 2.78. The number of aryl methyl sites for hydroxylation is 1. The fraction of sp³-hybridized carbons (Fsp3) is 0.444. The molecule has 0 saturated carbocycles. The number of hydrogen-bond donors (Lipinski definition) is 1. The molecule has 0 amide bonds. The average molecular weight is 199 g/mol. The van der Waals surface area contributed by atoms with Crippen LogP contribution in [0, 0.1) is 0 Å². The molecule has 0 unspecified atom stereocenters. The lowest BCUT2D eigenvalue weighted by molar-refractivity contribution is 0.0533. The first-order valence-electron chi connectivity index (χ1n) is 4.23. The molecule has 0 spiro atoms. The number of nitrogens with two attached hydrogens (primary N) is 1. The Hall–Kier alpha value is -1.03. The van der Waals surface area contributed by atoms with Crippen molar-refractivity contribution in [3.8, 4) is 0 Å². The summed E-state index contributed by atoms with van der Waals surface area (Å²) in [6, 6.07) is 0. The maximum Gasteiger partial charge on any atom is 0.350 e. The molecule has 72 valence electrons. The number of carbonyl (C=O) groups is 1. The van der Waals surface area contributed by atoms with Crippen LogP contribution in [0.1, 0.15) is 29.1 Å². The van der Waals surface area contributed by atoms with Crippen molar-refractivity contribution in [2.24, 2.45) is 0 Å². The predicted molar refractivity (Wildman–Crippen MR) is 54.1 cm³/mol. The lowest BCUT2D eigenvalue weighted by atomic mass is 10.2. The van der Waals surface area contributed by atoms with Gasteiger partial charge >= 0.3 is 5.97 Å². The number of anilines is 1. The number of rotatable bonds is 3. The third-order valence-electron chi connectivity index (χ3n) is 1.75. The maximum absolute atomic E-state index is 11.3. The first kappa shape index (κ1) is 10.1. The van der Waals surface area contributed by atoms with Gasteiger partial charge in [0.2, 0.25) is 0 Å². The largest absolute Gasteiger partial charge is 0.462 e. The summed E-state index contributed by atoms with van der Waals surface area (Å²) in [5, 5.41) is 1.90. The van der Waals surface area contributed by atoms with E-state index < -0.39 is 0 Å². The standard InChI is InChI=1S/C9H13NO2S/c1-3-6-5-13-8(7(6)10)9(11)12-4-2/h5H,3-4,10H2,1-2H3. The summed E-state index contributed by atoms with van der Waals surface area (Å²) in [7, 11) is 0. The summed E-state index contributed by atoms with van der Waals surface area (Å²) in [4.78, 5) is 11.8. The molecule has 0 aliphatic heterocycles. The van der Waals surface area contributed by atoms with Crippen LogP contribution in [0.15, 0.2) is 5.38 Å². The fourth-order valence-corrected chi connectivity index (χ4v) is 2.00. The van der Waals surface area contributed by atoms with Gasteiger partial charge in [-0.1, -0.05) is 6.92 Å². The smallest absolute Gasteiger partial charge is 0.350 e. The number of carbonyl (C=O) groups excluding carboxylic acids is 1. The molecular weight excluding hydrogens is 186 g/mol. The minimum absolute atomic E-state index is 0.315. The molecule has 0 fully saturated rings. The van der Waals surface area contributed by atoms with Crippen molar-refractivity contribution in [1.82, 2.24) is 0 Å². The Morgan fingerprint density at radius 2 is 2.31 bits per heavy atom. The van der Waals surface area contributed by atoms with Gasteiger partial charge in [0.25, 0.3) is 0 Å². The van der Waals surface area contributed by atoms with Gasteiger partial charge in [-0.2, -0.15) is 0 Å². The van der Waals surface area contributed by atoms with E-state index in [0.717, 1.165) is 12.0 Å². The molecule has 3 nitrogen and oxygen atoms in total. The molecule has 1 aromatic rings. The van der Waals surface area contributed by atoms with E-state index in [1.165, 1.54) is 11.3 Å². The van der Waals surface area contributed by atoms with Crippen LogP contribution in [0.5, 0.6) is 0 Å². The monoisotopic (exact) mass is 199 g/mol. The Morgan fingerprint density at radius 3 is 2.77 bits per heavy atom. The molecule has 0 aliphatic rings. The number of nitrogen functional groups attached to an aromatic ring is 1. The normalized spacial score (nSPS) is 10.0. The van der Waals surface area contributed by atoms with E-state index in [0.29, 0.717) is 17.2 Å². The van der Waals surface area contributed by atoms with E-state index in [2.05, 4.69) is 0 Å². The van der Waals surface area contributed by atoms with Crippen molar-refractivity contribution in [3.05, 3.63) is 15.8 Å². The van der Waals surface area contributed by atoms with Crippen molar-refractivity contribution in [3.63, 3.8) is 0 Å². The van der Waals surface area contributed by atoms with E-state index in [4.69, 9.17) is 10.5 Å². The molecule has 0 bridgehead atoms. The first-order valence-corrected chi connectivity index (χ1v) is 5.11. The van der Waals surface area contributed by atoms with Gasteiger partial charge in [-0.15, -0.1) is 11.3 Å². The summed E-state index contributed by atoms with van der Waals surface area (Å²) in [5.41, 5.74) is 7.35. The minimum atomic E-state index is -0.315. The minimum Gasteiger partial charge on any atom is -0.462 e. The van der Waals surface area contributed by atoms with E-state index in [1.807, 2.05) is 12.3 Å². The highest BCUT2D eigenvalue weighted by Gasteiger charge is 2.15. The van der Waals surface area contributed by atoms with Crippen LogP contribution in [-0.4, -0.2) is 12.6 Å². The Kier molecular flexibility index (Phi) is 3.31. The van der Waals surface area contributed by atoms with Gasteiger partial charge in [0.1, 0.15) is 4.88 Å². The van der Waals surface area contributed by atoms with Crippen LogP contribution >= 0.6 is 11.3 Å². The summed E-state index contributed by atoms with van der Waals surface area (Å²) in [6.07, 6.45) is 0.849. The van der Waals surface area contributed by atoms with Crippen molar-refractivity contribution in [2.45, 2.75) is 20.3 Å². The lowest BCUT2D eigenvalue weighted by Crippen LogP contribution is -2.05. The number of esters is 1. The van der Waals surface area contributed by atoms with E-state index >= 15 is 0 Å². The van der Waals surface area contributed by atoms with E-state index in [1.54, 1.807) is 6.92 Å². The fourth-order valence-electron chi connectivity index (χ4n) is 1.03. The lowest BCUT2D eigenvalue weighted by Gasteiger charge is -2.00. The summed E-state index contributed by atoms with van der Waals surface area (Å²) in [6.45, 7) is 4.17. The second-order valence-electron chi connectivity index (χ2n) is 2.58. The van der Waals surface area contributed by atoms with Gasteiger partial charge in [0, 0.05) is 0 Å². The molecule has 1 rings (SSSR count). The summed E-state index contributed by atoms with van der Waals surface area (Å²) < 4.78 is 4.86. The third kappa shape index (κ3) is 2.01. The Labute approximate surface area is 81.5 Å². The van der Waals surface area contributed by atoms with E-state index in [-0.39, 0.29) is 5.97 Å². The van der Waals surface area contributed by atoms with E-state index in [9.17, 15) is 4.79 Å². The van der Waals surface area contributed by atoms with Gasteiger partial charge < -0.3 is 10.5 Å². The first-order chi connectivity index (χ1) is 6.20. The summed E-state index contributed by atoms with van der Waals surface area (Å²) in [5.74, 6) is -0.315. The zero-order valence-corrected chi connectivity index (χ0v) is 8.61. The average Bonchev–Trinajstić information content (AvgIpc) is 2.47. The van der Waals surface area contributed by atoms with Crippen LogP contribution in [-0.2, 0) is 11.2 Å². The van der Waals surface area contributed by atoms with Crippen LogP contribution in [0.3, 0.4) is 0 Å². The molecule has 1 heterocycles. The van der Waals surface area contributed by atoms with Crippen LogP contribution < -0.4 is 5.73 Å². The number of ether oxygens (including phenoxy) is 1. The summed E-state index contributed by atoms with van der Waals surface area (Å²) >= 11 is 1.35. The van der Waals surface area contributed by atoms with Crippen molar-refractivity contribution in [2.75, 3.05) is 12.3 Å². The molecule has 0 saturated heterocycles. The molecule has 0 radical (unpaired) electrons. The van der Waals surface area contributed by atoms with Crippen LogP contribution in [0.25, 0.3) is 0 Å². The highest BCUT2D eigenvalue weighted by Crippen LogP contribution is 2.26. The van der Waals surface area contributed by atoms with Gasteiger partial charge in [-0.3, -0.25) is 0 Å². The Balaban J connectivity index is 2.89. The van der Waals surface area contributed by atoms with Crippen molar-refractivity contribution in [1.29, 1.82) is 0 Å². The maximum atomic E-state index is 11.3. The second kappa shape index (κ2) is 4.28. The predicted octanol–water partition coefficient (Wildman–Crippen LogP) is 2.07. The highest BCUT2D eigenvalue weighted by molar-refractivity contribution is 7.12. The zero-order chi connectivity index (χ0) is 9.84. The number of hydrogen-bond acceptors (Lipinski definition) is 4. The molecule has 0 aromatic carbocycles. The molecular formula is C9H13NO2S. The van der Waals surface area contributed by atoms with Gasteiger partial charge in [-0.05, 0) is 24.3 Å². The molecule has 0 aliphatic carbocycles. The molecule has 1 aromatic heterocycles.